The lowest BCUT2D eigenvalue weighted by Crippen LogP contribution is -2.26. The second-order valence-corrected chi connectivity index (χ2v) is 6.82. The van der Waals surface area contributed by atoms with Gasteiger partial charge in [-0.3, -0.25) is 4.40 Å². The van der Waals surface area contributed by atoms with Gasteiger partial charge in [0.2, 0.25) is 5.78 Å². The highest BCUT2D eigenvalue weighted by molar-refractivity contribution is 6.32. The molecule has 136 valence electrons. The minimum Gasteiger partial charge on any atom is -0.495 e. The smallest absolute Gasteiger partial charge is 0.236 e. The number of nitrogens with two attached hydrogens (primary N) is 1. The van der Waals surface area contributed by atoms with Crippen LogP contribution in [-0.2, 0) is 6.61 Å². The molecule has 0 amide bonds. The van der Waals surface area contributed by atoms with Crippen molar-refractivity contribution in [2.75, 3.05) is 25.1 Å². The number of aliphatic hydroxyl groups excluding tert-OH is 1. The molecule has 0 bridgehead atoms. The number of hydrogen-bond acceptors (Lipinski definition) is 6. The second kappa shape index (κ2) is 6.75. The van der Waals surface area contributed by atoms with Crippen molar-refractivity contribution in [1.82, 2.24) is 14.4 Å². The van der Waals surface area contributed by atoms with E-state index < -0.39 is 0 Å². The van der Waals surface area contributed by atoms with E-state index >= 15 is 0 Å². The van der Waals surface area contributed by atoms with E-state index in [1.165, 1.54) is 0 Å². The number of fused-ring (bicyclic) bond motifs is 1. The van der Waals surface area contributed by atoms with Crippen LogP contribution in [0.25, 0.3) is 17.0 Å². The van der Waals surface area contributed by atoms with Crippen LogP contribution in [0.15, 0.2) is 30.6 Å². The summed E-state index contributed by atoms with van der Waals surface area (Å²) >= 11 is 6.26. The fourth-order valence-corrected chi connectivity index (χ4v) is 3.53. The first kappa shape index (κ1) is 17.1. The molecular weight excluding hydrogens is 354 g/mol. The maximum atomic E-state index is 9.71. The molecule has 26 heavy (non-hydrogen) atoms. The van der Waals surface area contributed by atoms with Crippen molar-refractivity contribution in [3.8, 4) is 17.0 Å². The Morgan fingerprint density at radius 2 is 2.23 bits per heavy atom. The summed E-state index contributed by atoms with van der Waals surface area (Å²) in [6.45, 7) is 1.57. The number of imidazole rings is 1. The summed E-state index contributed by atoms with van der Waals surface area (Å²) in [7, 11) is 1.54. The number of rotatable bonds is 4. The molecule has 4 rings (SSSR count). The quantitative estimate of drug-likeness (QED) is 0.728. The van der Waals surface area contributed by atoms with Gasteiger partial charge >= 0.3 is 0 Å². The van der Waals surface area contributed by atoms with Crippen LogP contribution in [0.4, 0.5) is 5.82 Å². The van der Waals surface area contributed by atoms with Crippen LogP contribution < -0.4 is 15.4 Å². The van der Waals surface area contributed by atoms with Gasteiger partial charge in [0.15, 0.2) is 0 Å². The van der Waals surface area contributed by atoms with Crippen molar-refractivity contribution in [2.24, 2.45) is 5.73 Å². The summed E-state index contributed by atoms with van der Waals surface area (Å²) in [4.78, 5) is 11.4. The summed E-state index contributed by atoms with van der Waals surface area (Å²) in [5, 5.41) is 10.2. The first-order valence-corrected chi connectivity index (χ1v) is 8.80. The predicted molar refractivity (Wildman–Crippen MR) is 101 cm³/mol. The number of benzene rings is 1. The SMILES string of the molecule is COc1cc(CO)c(-c2cn3ccc(N4CC[C@@H](N)C4)nc3n2)cc1Cl. The van der Waals surface area contributed by atoms with Gasteiger partial charge < -0.3 is 20.5 Å². The van der Waals surface area contributed by atoms with Gasteiger partial charge in [-0.2, -0.15) is 4.98 Å². The Balaban J connectivity index is 1.75. The molecule has 7 nitrogen and oxygen atoms in total. The van der Waals surface area contributed by atoms with E-state index in [9.17, 15) is 5.11 Å². The highest BCUT2D eigenvalue weighted by Crippen LogP contribution is 2.33. The summed E-state index contributed by atoms with van der Waals surface area (Å²) in [5.41, 5.74) is 8.14. The predicted octanol–water partition coefficient (Wildman–Crippen LogP) is 2.09. The van der Waals surface area contributed by atoms with Crippen LogP contribution >= 0.6 is 11.6 Å². The van der Waals surface area contributed by atoms with Gasteiger partial charge in [-0.15, -0.1) is 0 Å². The van der Waals surface area contributed by atoms with Crippen molar-refractivity contribution in [3.05, 3.63) is 41.2 Å². The molecule has 2 aromatic heterocycles. The Labute approximate surface area is 156 Å². The van der Waals surface area contributed by atoms with Gasteiger partial charge in [-0.25, -0.2) is 4.98 Å². The van der Waals surface area contributed by atoms with Crippen molar-refractivity contribution in [1.29, 1.82) is 0 Å². The van der Waals surface area contributed by atoms with E-state index in [2.05, 4.69) is 14.9 Å². The number of ether oxygens (including phenoxy) is 1. The van der Waals surface area contributed by atoms with Gasteiger partial charge in [0, 0.05) is 37.1 Å². The van der Waals surface area contributed by atoms with E-state index in [4.69, 9.17) is 22.1 Å². The van der Waals surface area contributed by atoms with Gasteiger partial charge in [0.1, 0.15) is 11.6 Å². The molecule has 0 saturated carbocycles. The average molecular weight is 374 g/mol. The third-order valence-corrected chi connectivity index (χ3v) is 4.98. The van der Waals surface area contributed by atoms with Gasteiger partial charge in [-0.1, -0.05) is 11.6 Å². The van der Waals surface area contributed by atoms with Crippen LogP contribution in [0, 0.1) is 0 Å². The number of anilines is 1. The Morgan fingerprint density at radius 1 is 1.38 bits per heavy atom. The molecule has 3 aromatic rings. The molecule has 3 heterocycles. The largest absolute Gasteiger partial charge is 0.495 e. The molecule has 0 unspecified atom stereocenters. The lowest BCUT2D eigenvalue weighted by molar-refractivity contribution is 0.281. The molecule has 0 radical (unpaired) electrons. The third kappa shape index (κ3) is 2.98. The maximum absolute atomic E-state index is 9.71. The molecule has 0 spiro atoms. The number of aliphatic hydroxyl groups is 1. The van der Waals surface area contributed by atoms with Gasteiger partial charge in [-0.05, 0) is 30.2 Å². The molecule has 3 N–H and O–H groups in total. The van der Waals surface area contributed by atoms with E-state index in [1.807, 2.05) is 22.9 Å². The lowest BCUT2D eigenvalue weighted by Gasteiger charge is -2.16. The van der Waals surface area contributed by atoms with E-state index in [0.717, 1.165) is 30.9 Å². The van der Waals surface area contributed by atoms with E-state index in [1.54, 1.807) is 19.2 Å². The van der Waals surface area contributed by atoms with Crippen molar-refractivity contribution < 1.29 is 9.84 Å². The third-order valence-electron chi connectivity index (χ3n) is 4.68. The number of aromatic nitrogens is 3. The Hall–Kier alpha value is -2.35. The van der Waals surface area contributed by atoms with Crippen LogP contribution in [-0.4, -0.2) is 45.7 Å². The lowest BCUT2D eigenvalue weighted by atomic mass is 10.1. The fraction of sp³-hybridized carbons (Fsp3) is 0.333. The molecule has 0 aliphatic carbocycles. The molecule has 1 atom stereocenters. The first-order valence-electron chi connectivity index (χ1n) is 8.43. The molecule has 1 aliphatic rings. The first-order chi connectivity index (χ1) is 12.6. The molecule has 8 heteroatoms. The Morgan fingerprint density at radius 3 is 2.92 bits per heavy atom. The number of methoxy groups -OCH3 is 1. The van der Waals surface area contributed by atoms with Gasteiger partial charge in [0.05, 0.1) is 24.4 Å². The van der Waals surface area contributed by atoms with Crippen molar-refractivity contribution in [2.45, 2.75) is 19.1 Å². The average Bonchev–Trinajstić information content (AvgIpc) is 3.26. The highest BCUT2D eigenvalue weighted by Gasteiger charge is 2.21. The zero-order valence-electron chi connectivity index (χ0n) is 14.4. The summed E-state index contributed by atoms with van der Waals surface area (Å²) in [5.74, 6) is 1.99. The summed E-state index contributed by atoms with van der Waals surface area (Å²) in [6, 6.07) is 5.64. The van der Waals surface area contributed by atoms with E-state index in [0.29, 0.717) is 27.8 Å². The zero-order valence-corrected chi connectivity index (χ0v) is 15.1. The second-order valence-electron chi connectivity index (χ2n) is 6.42. The molecule has 1 aliphatic heterocycles. The standard InChI is InChI=1S/C18H20ClN5O2/c1-26-16-6-11(10-25)13(7-14(16)19)15-9-24-5-3-17(22-18(24)21-15)23-4-2-12(20)8-23/h3,5-7,9,12,25H,2,4,8,10,20H2,1H3/t12-/m1/s1. The van der Waals surface area contributed by atoms with Gasteiger partial charge in [0.25, 0.3) is 0 Å². The molecule has 1 fully saturated rings. The minimum atomic E-state index is -0.138. The van der Waals surface area contributed by atoms with Crippen molar-refractivity contribution >= 4 is 23.2 Å². The molecule has 1 aromatic carbocycles. The Bertz CT molecular complexity index is 958. The van der Waals surface area contributed by atoms with E-state index in [-0.39, 0.29) is 12.6 Å². The highest BCUT2D eigenvalue weighted by atomic mass is 35.5. The number of nitrogens with zero attached hydrogens (tertiary/aromatic N) is 4. The fourth-order valence-electron chi connectivity index (χ4n) is 3.29. The minimum absolute atomic E-state index is 0.138. The van der Waals surface area contributed by atoms with Crippen LogP contribution in [0.2, 0.25) is 5.02 Å². The molecule has 1 saturated heterocycles. The monoisotopic (exact) mass is 373 g/mol. The zero-order chi connectivity index (χ0) is 18.3. The number of halogens is 1. The summed E-state index contributed by atoms with van der Waals surface area (Å²) in [6.07, 6.45) is 4.78. The number of hydrogen-bond donors (Lipinski definition) is 2. The topological polar surface area (TPSA) is 88.9 Å². The van der Waals surface area contributed by atoms with Crippen molar-refractivity contribution in [3.63, 3.8) is 0 Å². The van der Waals surface area contributed by atoms with Crippen LogP contribution in [0.3, 0.4) is 0 Å². The van der Waals surface area contributed by atoms with Crippen LogP contribution in [0.1, 0.15) is 12.0 Å². The van der Waals surface area contributed by atoms with Crippen LogP contribution in [0.5, 0.6) is 5.75 Å². The normalized spacial score (nSPS) is 17.2. The molecular formula is C18H20ClN5O2. The maximum Gasteiger partial charge on any atom is 0.236 e. The summed E-state index contributed by atoms with van der Waals surface area (Å²) < 4.78 is 7.08. The Kier molecular flexibility index (Phi) is 4.44.